The first-order valence-electron chi connectivity index (χ1n) is 6.59. The van der Waals surface area contributed by atoms with Gasteiger partial charge in [-0.05, 0) is 24.6 Å². The van der Waals surface area contributed by atoms with Crippen molar-refractivity contribution in [2.75, 3.05) is 0 Å². The second kappa shape index (κ2) is 6.78. The summed E-state index contributed by atoms with van der Waals surface area (Å²) in [5, 5.41) is 9.79. The van der Waals surface area contributed by atoms with Crippen LogP contribution in [0.1, 0.15) is 30.7 Å². The first kappa shape index (κ1) is 15.8. The average molecular weight is 272 g/mol. The number of terminal acetylenes is 1. The molecule has 4 nitrogen and oxygen atoms in total. The number of benzene rings is 1. The number of hydrogen-bond acceptors (Lipinski definition) is 2. The van der Waals surface area contributed by atoms with Gasteiger partial charge in [-0.25, -0.2) is 0 Å². The lowest BCUT2D eigenvalue weighted by Crippen LogP contribution is -2.32. The molecule has 0 saturated heterocycles. The van der Waals surface area contributed by atoms with Crippen LogP contribution in [-0.2, 0) is 11.2 Å². The SMILES string of the molecule is C#Cc1cccc2[nH]c(C)c(CC(N)C(=O)O)c12.CC. The van der Waals surface area contributed by atoms with E-state index in [-0.39, 0.29) is 6.42 Å². The second-order valence-electron chi connectivity index (χ2n) is 4.25. The highest BCUT2D eigenvalue weighted by Crippen LogP contribution is 2.26. The molecule has 2 aromatic rings. The Morgan fingerprint density at radius 2 is 2.15 bits per heavy atom. The van der Waals surface area contributed by atoms with Gasteiger partial charge in [0.1, 0.15) is 6.04 Å². The van der Waals surface area contributed by atoms with Gasteiger partial charge in [-0.15, -0.1) is 6.42 Å². The van der Waals surface area contributed by atoms with E-state index in [1.807, 2.05) is 39.0 Å². The van der Waals surface area contributed by atoms with Crippen molar-refractivity contribution >= 4 is 16.9 Å². The second-order valence-corrected chi connectivity index (χ2v) is 4.25. The molecule has 0 saturated carbocycles. The predicted molar refractivity (Wildman–Crippen MR) is 81.6 cm³/mol. The van der Waals surface area contributed by atoms with E-state index >= 15 is 0 Å². The Labute approximate surface area is 119 Å². The molecule has 1 unspecified atom stereocenters. The van der Waals surface area contributed by atoms with E-state index in [4.69, 9.17) is 17.3 Å². The van der Waals surface area contributed by atoms with Gasteiger partial charge in [0.05, 0.1) is 0 Å². The Kier molecular flexibility index (Phi) is 5.36. The zero-order valence-electron chi connectivity index (χ0n) is 12.0. The number of carbonyl (C=O) groups is 1. The van der Waals surface area contributed by atoms with Gasteiger partial charge >= 0.3 is 5.97 Å². The lowest BCUT2D eigenvalue weighted by atomic mass is 10.00. The van der Waals surface area contributed by atoms with Gasteiger partial charge in [-0.1, -0.05) is 25.8 Å². The van der Waals surface area contributed by atoms with Crippen molar-refractivity contribution in [2.45, 2.75) is 33.2 Å². The van der Waals surface area contributed by atoms with Crippen LogP contribution in [-0.4, -0.2) is 22.1 Å². The number of carboxylic acids is 1. The third-order valence-corrected chi connectivity index (χ3v) is 3.04. The molecule has 1 aromatic carbocycles. The van der Waals surface area contributed by atoms with E-state index in [9.17, 15) is 4.79 Å². The predicted octanol–water partition coefficient (Wildman–Crippen LogP) is 2.44. The van der Waals surface area contributed by atoms with E-state index in [1.54, 1.807) is 0 Å². The molecule has 1 heterocycles. The molecule has 1 aromatic heterocycles. The van der Waals surface area contributed by atoms with Gasteiger partial charge in [-0.3, -0.25) is 4.79 Å². The van der Waals surface area contributed by atoms with Gasteiger partial charge < -0.3 is 15.8 Å². The fourth-order valence-electron chi connectivity index (χ4n) is 2.13. The fourth-order valence-corrected chi connectivity index (χ4v) is 2.13. The Bertz CT molecular complexity index is 650. The quantitative estimate of drug-likeness (QED) is 0.751. The zero-order valence-corrected chi connectivity index (χ0v) is 12.0. The number of hydrogen-bond donors (Lipinski definition) is 3. The minimum atomic E-state index is -1.01. The highest BCUT2D eigenvalue weighted by atomic mass is 16.4. The van der Waals surface area contributed by atoms with Gasteiger partial charge in [-0.2, -0.15) is 0 Å². The molecule has 0 radical (unpaired) electrons. The van der Waals surface area contributed by atoms with E-state index in [2.05, 4.69) is 10.9 Å². The molecular weight excluding hydrogens is 252 g/mol. The summed E-state index contributed by atoms with van der Waals surface area (Å²) >= 11 is 0. The smallest absolute Gasteiger partial charge is 0.320 e. The van der Waals surface area contributed by atoms with Crippen molar-refractivity contribution in [3.8, 4) is 12.3 Å². The van der Waals surface area contributed by atoms with Crippen LogP contribution >= 0.6 is 0 Å². The molecule has 20 heavy (non-hydrogen) atoms. The number of rotatable bonds is 3. The molecule has 0 aliphatic heterocycles. The molecule has 4 heteroatoms. The first-order valence-corrected chi connectivity index (χ1v) is 6.59. The van der Waals surface area contributed by atoms with Crippen LogP contribution in [0.25, 0.3) is 10.9 Å². The Balaban J connectivity index is 0.000000956. The maximum Gasteiger partial charge on any atom is 0.320 e. The minimum Gasteiger partial charge on any atom is -0.480 e. The molecule has 4 N–H and O–H groups in total. The van der Waals surface area contributed by atoms with Crippen molar-refractivity contribution in [1.82, 2.24) is 4.98 Å². The van der Waals surface area contributed by atoms with Crippen molar-refractivity contribution in [3.05, 3.63) is 35.0 Å². The van der Waals surface area contributed by atoms with Crippen molar-refractivity contribution in [2.24, 2.45) is 5.73 Å². The third kappa shape index (κ3) is 3.01. The molecular formula is C16H20N2O2. The summed E-state index contributed by atoms with van der Waals surface area (Å²) in [6.45, 7) is 5.89. The van der Waals surface area contributed by atoms with Crippen LogP contribution in [0.15, 0.2) is 18.2 Å². The number of nitrogens with one attached hydrogen (secondary N) is 1. The maximum absolute atomic E-state index is 10.9. The van der Waals surface area contributed by atoms with Crippen LogP contribution in [0.4, 0.5) is 0 Å². The van der Waals surface area contributed by atoms with Crippen LogP contribution in [0.3, 0.4) is 0 Å². The largest absolute Gasteiger partial charge is 0.480 e. The summed E-state index contributed by atoms with van der Waals surface area (Å²) in [6, 6.07) is 4.70. The summed E-state index contributed by atoms with van der Waals surface area (Å²) in [6.07, 6.45) is 5.74. The van der Waals surface area contributed by atoms with Crippen LogP contribution in [0, 0.1) is 19.3 Å². The van der Waals surface area contributed by atoms with Gasteiger partial charge in [0, 0.05) is 28.6 Å². The van der Waals surface area contributed by atoms with Gasteiger partial charge in [0.15, 0.2) is 0 Å². The monoisotopic (exact) mass is 272 g/mol. The highest BCUT2D eigenvalue weighted by molar-refractivity contribution is 5.91. The molecule has 0 amide bonds. The Morgan fingerprint density at radius 1 is 1.50 bits per heavy atom. The summed E-state index contributed by atoms with van der Waals surface area (Å²) < 4.78 is 0. The van der Waals surface area contributed by atoms with E-state index in [0.29, 0.717) is 0 Å². The Morgan fingerprint density at radius 3 is 2.70 bits per heavy atom. The molecule has 0 spiro atoms. The fraction of sp³-hybridized carbons (Fsp3) is 0.312. The van der Waals surface area contributed by atoms with Crippen LogP contribution < -0.4 is 5.73 Å². The number of fused-ring (bicyclic) bond motifs is 1. The number of nitrogens with two attached hydrogens (primary N) is 1. The number of carboxylic acid groups (broad SMARTS) is 1. The van der Waals surface area contributed by atoms with Gasteiger partial charge in [0.2, 0.25) is 0 Å². The molecule has 0 fully saturated rings. The highest BCUT2D eigenvalue weighted by Gasteiger charge is 2.18. The number of H-pyrrole nitrogens is 1. The summed E-state index contributed by atoms with van der Waals surface area (Å²) in [5.74, 6) is 1.61. The van der Waals surface area contributed by atoms with E-state index in [1.165, 1.54) is 0 Å². The minimum absolute atomic E-state index is 0.264. The maximum atomic E-state index is 10.9. The number of aryl methyl sites for hydroxylation is 1. The molecule has 1 atom stereocenters. The lowest BCUT2D eigenvalue weighted by Gasteiger charge is -2.07. The number of aliphatic carboxylic acids is 1. The summed E-state index contributed by atoms with van der Waals surface area (Å²) in [7, 11) is 0. The standard InChI is InChI=1S/C14H14N2O2.C2H6/c1-3-9-5-4-6-12-13(9)10(8(2)16-12)7-11(15)14(17)18;1-2/h1,4-6,11,16H,7,15H2,2H3,(H,17,18);1-2H3. The third-order valence-electron chi connectivity index (χ3n) is 3.04. The van der Waals surface area contributed by atoms with Crippen LogP contribution in [0.2, 0.25) is 0 Å². The summed E-state index contributed by atoms with van der Waals surface area (Å²) in [5.41, 5.74) is 9.05. The van der Waals surface area contributed by atoms with Gasteiger partial charge in [0.25, 0.3) is 0 Å². The normalized spacial score (nSPS) is 11.3. The van der Waals surface area contributed by atoms with Crippen LogP contribution in [0.5, 0.6) is 0 Å². The topological polar surface area (TPSA) is 79.1 Å². The lowest BCUT2D eigenvalue weighted by molar-refractivity contribution is -0.138. The first-order chi connectivity index (χ1) is 9.54. The van der Waals surface area contributed by atoms with Crippen molar-refractivity contribution < 1.29 is 9.90 Å². The van der Waals surface area contributed by atoms with E-state index < -0.39 is 12.0 Å². The molecule has 106 valence electrons. The zero-order chi connectivity index (χ0) is 15.3. The molecule has 0 bridgehead atoms. The number of aromatic nitrogens is 1. The molecule has 2 rings (SSSR count). The summed E-state index contributed by atoms with van der Waals surface area (Å²) in [4.78, 5) is 14.1. The number of aromatic amines is 1. The van der Waals surface area contributed by atoms with Crippen molar-refractivity contribution in [3.63, 3.8) is 0 Å². The average Bonchev–Trinajstić information content (AvgIpc) is 2.77. The van der Waals surface area contributed by atoms with Crippen molar-refractivity contribution in [1.29, 1.82) is 0 Å². The molecule has 0 aliphatic rings. The Hall–Kier alpha value is -2.25. The molecule has 0 aliphatic carbocycles. The van der Waals surface area contributed by atoms with E-state index in [0.717, 1.165) is 27.7 Å².